The third-order valence-electron chi connectivity index (χ3n) is 3.60. The molecule has 0 saturated heterocycles. The normalized spacial score (nSPS) is 17.5. The maximum atomic E-state index is 12.1. The number of H-pyrrole nitrogens is 1. The Morgan fingerprint density at radius 3 is 3.05 bits per heavy atom. The smallest absolute Gasteiger partial charge is 0.237 e. The first-order chi connectivity index (χ1) is 9.83. The van der Waals surface area contributed by atoms with Crippen molar-refractivity contribution in [2.24, 2.45) is 0 Å². The Balaban J connectivity index is 1.48. The molecule has 1 aromatic carbocycles. The largest absolute Gasteiger partial charge is 0.354 e. The van der Waals surface area contributed by atoms with Crippen molar-refractivity contribution in [1.82, 2.24) is 20.6 Å². The SMILES string of the molecule is O=C(NCCc1ccccc1)C1Cc2nc[nH]c2CN1. The lowest BCUT2D eigenvalue weighted by molar-refractivity contribution is -0.123. The molecule has 1 atom stereocenters. The van der Waals surface area contributed by atoms with Gasteiger partial charge in [0, 0.05) is 19.5 Å². The van der Waals surface area contributed by atoms with E-state index in [4.69, 9.17) is 0 Å². The first-order valence-electron chi connectivity index (χ1n) is 6.89. The molecular formula is C15H18N4O. The number of benzene rings is 1. The highest BCUT2D eigenvalue weighted by Gasteiger charge is 2.25. The lowest BCUT2D eigenvalue weighted by Crippen LogP contribution is -2.48. The van der Waals surface area contributed by atoms with Crippen molar-refractivity contribution in [1.29, 1.82) is 0 Å². The van der Waals surface area contributed by atoms with Gasteiger partial charge in [-0.3, -0.25) is 10.1 Å². The Labute approximate surface area is 117 Å². The number of amides is 1. The second kappa shape index (κ2) is 5.88. The van der Waals surface area contributed by atoms with Gasteiger partial charge in [-0.1, -0.05) is 30.3 Å². The fourth-order valence-electron chi connectivity index (χ4n) is 2.45. The van der Waals surface area contributed by atoms with E-state index >= 15 is 0 Å². The maximum absolute atomic E-state index is 12.1. The van der Waals surface area contributed by atoms with Gasteiger partial charge in [-0.2, -0.15) is 0 Å². The number of nitrogens with zero attached hydrogens (tertiary/aromatic N) is 1. The highest BCUT2D eigenvalue weighted by Crippen LogP contribution is 2.12. The van der Waals surface area contributed by atoms with Gasteiger partial charge >= 0.3 is 0 Å². The highest BCUT2D eigenvalue weighted by atomic mass is 16.2. The third-order valence-corrected chi connectivity index (χ3v) is 3.60. The van der Waals surface area contributed by atoms with Crippen LogP contribution in [-0.4, -0.2) is 28.5 Å². The van der Waals surface area contributed by atoms with Crippen LogP contribution < -0.4 is 10.6 Å². The van der Waals surface area contributed by atoms with Crippen molar-refractivity contribution >= 4 is 5.91 Å². The molecule has 1 amide bonds. The molecule has 2 aromatic rings. The van der Waals surface area contributed by atoms with Gasteiger partial charge in [0.05, 0.1) is 23.8 Å². The van der Waals surface area contributed by atoms with E-state index < -0.39 is 0 Å². The van der Waals surface area contributed by atoms with Crippen molar-refractivity contribution in [2.45, 2.75) is 25.4 Å². The van der Waals surface area contributed by atoms with Crippen LogP contribution in [0.4, 0.5) is 0 Å². The molecule has 2 heterocycles. The van der Waals surface area contributed by atoms with Crippen LogP contribution in [0.5, 0.6) is 0 Å². The predicted octanol–water partition coefficient (Wildman–Crippen LogP) is 0.783. The molecule has 20 heavy (non-hydrogen) atoms. The van der Waals surface area contributed by atoms with Gasteiger partial charge < -0.3 is 10.3 Å². The molecule has 0 radical (unpaired) electrons. The van der Waals surface area contributed by atoms with E-state index in [1.54, 1.807) is 6.33 Å². The van der Waals surface area contributed by atoms with Crippen LogP contribution in [0.2, 0.25) is 0 Å². The molecule has 5 nitrogen and oxygen atoms in total. The van der Waals surface area contributed by atoms with Crippen molar-refractivity contribution < 1.29 is 4.79 Å². The number of aromatic nitrogens is 2. The summed E-state index contributed by atoms with van der Waals surface area (Å²) in [6.07, 6.45) is 3.19. The number of nitrogens with one attached hydrogen (secondary N) is 3. The number of rotatable bonds is 4. The van der Waals surface area contributed by atoms with Crippen LogP contribution >= 0.6 is 0 Å². The van der Waals surface area contributed by atoms with Crippen molar-refractivity contribution in [3.05, 3.63) is 53.6 Å². The summed E-state index contributed by atoms with van der Waals surface area (Å²) in [6.45, 7) is 1.33. The van der Waals surface area contributed by atoms with E-state index in [0.717, 1.165) is 17.8 Å². The predicted molar refractivity (Wildman–Crippen MR) is 76.1 cm³/mol. The molecular weight excluding hydrogens is 252 g/mol. The van der Waals surface area contributed by atoms with Gasteiger partial charge in [0.25, 0.3) is 0 Å². The van der Waals surface area contributed by atoms with E-state index in [9.17, 15) is 4.79 Å². The van der Waals surface area contributed by atoms with Gasteiger partial charge in [-0.15, -0.1) is 0 Å². The quantitative estimate of drug-likeness (QED) is 0.769. The molecule has 0 aliphatic carbocycles. The van der Waals surface area contributed by atoms with E-state index in [0.29, 0.717) is 19.5 Å². The Morgan fingerprint density at radius 1 is 1.35 bits per heavy atom. The lowest BCUT2D eigenvalue weighted by atomic mass is 10.0. The number of carbonyl (C=O) groups excluding carboxylic acids is 1. The van der Waals surface area contributed by atoms with Crippen LogP contribution in [-0.2, 0) is 24.2 Å². The molecule has 1 aliphatic heterocycles. The standard InChI is InChI=1S/C15H18N4O/c20-15(16-7-6-11-4-2-1-3-5-11)13-8-12-14(9-17-13)19-10-18-12/h1-5,10,13,17H,6-9H2,(H,16,20)(H,18,19). The molecule has 0 saturated carbocycles. The molecule has 104 valence electrons. The average molecular weight is 270 g/mol. The topological polar surface area (TPSA) is 69.8 Å². The Morgan fingerprint density at radius 2 is 2.20 bits per heavy atom. The molecule has 3 N–H and O–H groups in total. The van der Waals surface area contributed by atoms with Crippen molar-refractivity contribution in [3.63, 3.8) is 0 Å². The van der Waals surface area contributed by atoms with Gasteiger partial charge in [-0.05, 0) is 12.0 Å². The molecule has 3 rings (SSSR count). The van der Waals surface area contributed by atoms with Crippen LogP contribution in [0.25, 0.3) is 0 Å². The minimum Gasteiger partial charge on any atom is -0.354 e. The van der Waals surface area contributed by atoms with E-state index in [1.165, 1.54) is 5.56 Å². The Bertz CT molecular complexity index is 579. The lowest BCUT2D eigenvalue weighted by Gasteiger charge is -2.22. The van der Waals surface area contributed by atoms with Crippen LogP contribution in [0.3, 0.4) is 0 Å². The highest BCUT2D eigenvalue weighted by molar-refractivity contribution is 5.82. The number of carbonyl (C=O) groups is 1. The number of imidazole rings is 1. The van der Waals surface area contributed by atoms with E-state index in [1.807, 2.05) is 18.2 Å². The molecule has 0 spiro atoms. The average Bonchev–Trinajstić information content (AvgIpc) is 2.95. The number of hydrogen-bond donors (Lipinski definition) is 3. The fraction of sp³-hybridized carbons (Fsp3) is 0.333. The van der Waals surface area contributed by atoms with Crippen LogP contribution in [0.15, 0.2) is 36.7 Å². The first kappa shape index (κ1) is 12.9. The third kappa shape index (κ3) is 2.88. The monoisotopic (exact) mass is 270 g/mol. The fourth-order valence-corrected chi connectivity index (χ4v) is 2.45. The molecule has 0 fully saturated rings. The molecule has 1 unspecified atom stereocenters. The first-order valence-corrected chi connectivity index (χ1v) is 6.89. The van der Waals surface area contributed by atoms with E-state index in [2.05, 4.69) is 32.7 Å². The second-order valence-corrected chi connectivity index (χ2v) is 4.99. The summed E-state index contributed by atoms with van der Waals surface area (Å²) < 4.78 is 0. The van der Waals surface area contributed by atoms with E-state index in [-0.39, 0.29) is 11.9 Å². The summed E-state index contributed by atoms with van der Waals surface area (Å²) in [7, 11) is 0. The number of hydrogen-bond acceptors (Lipinski definition) is 3. The molecule has 0 bridgehead atoms. The number of fused-ring (bicyclic) bond motifs is 1. The Hall–Kier alpha value is -2.14. The summed E-state index contributed by atoms with van der Waals surface area (Å²) in [5.74, 6) is 0.0505. The van der Waals surface area contributed by atoms with Crippen molar-refractivity contribution in [2.75, 3.05) is 6.54 Å². The van der Waals surface area contributed by atoms with Gasteiger partial charge in [0.15, 0.2) is 0 Å². The van der Waals surface area contributed by atoms with Crippen molar-refractivity contribution in [3.8, 4) is 0 Å². The Kier molecular flexibility index (Phi) is 3.78. The van der Waals surface area contributed by atoms with Crippen LogP contribution in [0.1, 0.15) is 17.0 Å². The summed E-state index contributed by atoms with van der Waals surface area (Å²) in [6, 6.07) is 9.98. The minimum atomic E-state index is -0.179. The zero-order valence-corrected chi connectivity index (χ0v) is 11.2. The minimum absolute atomic E-state index is 0.0505. The zero-order chi connectivity index (χ0) is 13.8. The summed E-state index contributed by atoms with van der Waals surface area (Å²) in [4.78, 5) is 19.4. The molecule has 1 aromatic heterocycles. The molecule has 1 aliphatic rings. The molecule has 5 heteroatoms. The summed E-state index contributed by atoms with van der Waals surface area (Å²) >= 11 is 0. The maximum Gasteiger partial charge on any atom is 0.237 e. The van der Waals surface area contributed by atoms with Gasteiger partial charge in [0.1, 0.15) is 0 Å². The van der Waals surface area contributed by atoms with Crippen LogP contribution in [0, 0.1) is 0 Å². The second-order valence-electron chi connectivity index (χ2n) is 4.99. The number of aromatic amines is 1. The summed E-state index contributed by atoms with van der Waals surface area (Å²) in [5, 5.41) is 6.21. The summed E-state index contributed by atoms with van der Waals surface area (Å²) in [5.41, 5.74) is 3.31. The van der Waals surface area contributed by atoms with Gasteiger partial charge in [-0.25, -0.2) is 4.98 Å². The van der Waals surface area contributed by atoms with Gasteiger partial charge in [0.2, 0.25) is 5.91 Å². The zero-order valence-electron chi connectivity index (χ0n) is 11.2.